The number of ether oxygens (including phenoxy) is 1. The van der Waals surface area contributed by atoms with Gasteiger partial charge in [0.1, 0.15) is 5.75 Å². The number of nitrogens with zero attached hydrogens (tertiary/aromatic N) is 3. The van der Waals surface area contributed by atoms with Gasteiger partial charge in [0.2, 0.25) is 5.89 Å². The normalized spacial score (nSPS) is 18.4. The van der Waals surface area contributed by atoms with Crippen molar-refractivity contribution >= 4 is 12.4 Å². The van der Waals surface area contributed by atoms with Gasteiger partial charge in [-0.25, -0.2) is 0 Å². The third-order valence-electron chi connectivity index (χ3n) is 3.82. The summed E-state index contributed by atoms with van der Waals surface area (Å²) >= 11 is 0. The number of benzene rings is 1. The van der Waals surface area contributed by atoms with Crippen LogP contribution in [0.25, 0.3) is 0 Å². The maximum Gasteiger partial charge on any atom is 0.387 e. The number of nitrogens with one attached hydrogen (secondary N) is 1. The molecule has 1 fully saturated rings. The molecule has 1 saturated heterocycles. The zero-order valence-electron chi connectivity index (χ0n) is 13.1. The fraction of sp³-hybridized carbons (Fsp3) is 0.467. The van der Waals surface area contributed by atoms with Crippen LogP contribution in [0.3, 0.4) is 0 Å². The van der Waals surface area contributed by atoms with Crippen molar-refractivity contribution in [1.29, 1.82) is 0 Å². The molecule has 6 nitrogen and oxygen atoms in total. The Morgan fingerprint density at radius 3 is 2.96 bits per heavy atom. The van der Waals surface area contributed by atoms with Gasteiger partial charge >= 0.3 is 6.61 Å². The summed E-state index contributed by atoms with van der Waals surface area (Å²) in [5.74, 6) is 1.10. The molecule has 2 aromatic rings. The van der Waals surface area contributed by atoms with E-state index in [-0.39, 0.29) is 30.6 Å². The van der Waals surface area contributed by atoms with Gasteiger partial charge in [0.25, 0.3) is 0 Å². The molecule has 1 unspecified atom stereocenters. The number of halogens is 3. The Morgan fingerprint density at radius 2 is 2.21 bits per heavy atom. The van der Waals surface area contributed by atoms with E-state index in [1.807, 2.05) is 7.05 Å². The lowest BCUT2D eigenvalue weighted by Gasteiger charge is -2.30. The summed E-state index contributed by atoms with van der Waals surface area (Å²) in [4.78, 5) is 6.55. The molecule has 0 aliphatic carbocycles. The number of hydrogen-bond acceptors (Lipinski definition) is 6. The quantitative estimate of drug-likeness (QED) is 0.882. The first-order chi connectivity index (χ1) is 11.1. The Bertz CT molecular complexity index is 656. The van der Waals surface area contributed by atoms with Crippen LogP contribution in [0.15, 0.2) is 28.8 Å². The highest BCUT2D eigenvalue weighted by atomic mass is 35.5. The molecule has 0 spiro atoms. The van der Waals surface area contributed by atoms with E-state index in [9.17, 15) is 8.78 Å². The second-order valence-electron chi connectivity index (χ2n) is 5.41. The molecule has 9 heteroatoms. The molecule has 1 N–H and O–H groups in total. The highest BCUT2D eigenvalue weighted by Gasteiger charge is 2.25. The average Bonchev–Trinajstić information content (AvgIpc) is 2.97. The van der Waals surface area contributed by atoms with E-state index in [2.05, 4.69) is 25.1 Å². The predicted molar refractivity (Wildman–Crippen MR) is 85.7 cm³/mol. The van der Waals surface area contributed by atoms with Gasteiger partial charge in [-0.15, -0.1) is 12.4 Å². The zero-order chi connectivity index (χ0) is 16.2. The largest absolute Gasteiger partial charge is 0.435 e. The number of likely N-dealkylation sites (N-methyl/N-ethyl adjacent to an activating group) is 1. The van der Waals surface area contributed by atoms with Crippen LogP contribution >= 0.6 is 12.4 Å². The SMILES string of the molecule is CN1CCNCC1c1noc(Cc2ccccc2OC(F)F)n1.Cl. The van der Waals surface area contributed by atoms with Crippen molar-refractivity contribution < 1.29 is 18.0 Å². The van der Waals surface area contributed by atoms with Gasteiger partial charge in [-0.1, -0.05) is 23.4 Å². The van der Waals surface area contributed by atoms with Crippen molar-refractivity contribution in [3.05, 3.63) is 41.5 Å². The molecule has 1 aliphatic rings. The lowest BCUT2D eigenvalue weighted by Crippen LogP contribution is -2.44. The van der Waals surface area contributed by atoms with Gasteiger partial charge in [-0.05, 0) is 13.1 Å². The molecular weight excluding hydrogens is 342 g/mol. The van der Waals surface area contributed by atoms with Gasteiger partial charge in [-0.3, -0.25) is 4.90 Å². The topological polar surface area (TPSA) is 63.4 Å². The highest BCUT2D eigenvalue weighted by Crippen LogP contribution is 2.24. The van der Waals surface area contributed by atoms with Gasteiger partial charge in [0.05, 0.1) is 12.5 Å². The number of alkyl halides is 2. The minimum absolute atomic E-state index is 0. The van der Waals surface area contributed by atoms with E-state index in [0.717, 1.165) is 19.6 Å². The summed E-state index contributed by atoms with van der Waals surface area (Å²) in [6.07, 6.45) is 0.250. The average molecular weight is 361 g/mol. The van der Waals surface area contributed by atoms with Crippen LogP contribution in [0, 0.1) is 0 Å². The van der Waals surface area contributed by atoms with Crippen molar-refractivity contribution in [2.75, 3.05) is 26.7 Å². The molecule has 1 aromatic carbocycles. The Balaban J connectivity index is 0.00000208. The summed E-state index contributed by atoms with van der Waals surface area (Å²) in [6, 6.07) is 6.65. The number of piperazine rings is 1. The second kappa shape index (κ2) is 8.36. The smallest absolute Gasteiger partial charge is 0.387 e. The minimum Gasteiger partial charge on any atom is -0.435 e. The van der Waals surface area contributed by atoms with E-state index >= 15 is 0 Å². The molecule has 132 valence electrons. The third-order valence-corrected chi connectivity index (χ3v) is 3.82. The van der Waals surface area contributed by atoms with Crippen molar-refractivity contribution in [2.24, 2.45) is 0 Å². The van der Waals surface area contributed by atoms with Crippen LogP contribution in [-0.2, 0) is 6.42 Å². The van der Waals surface area contributed by atoms with Crippen LogP contribution < -0.4 is 10.1 Å². The summed E-state index contributed by atoms with van der Waals surface area (Å²) in [5, 5.41) is 7.31. The number of rotatable bonds is 5. The van der Waals surface area contributed by atoms with E-state index in [0.29, 0.717) is 17.3 Å². The first-order valence-corrected chi connectivity index (χ1v) is 7.39. The molecule has 3 rings (SSSR count). The van der Waals surface area contributed by atoms with E-state index in [1.165, 1.54) is 6.07 Å². The molecule has 0 radical (unpaired) electrons. The lowest BCUT2D eigenvalue weighted by molar-refractivity contribution is -0.0504. The minimum atomic E-state index is -2.86. The fourth-order valence-electron chi connectivity index (χ4n) is 2.59. The van der Waals surface area contributed by atoms with Gasteiger partial charge in [0, 0.05) is 25.2 Å². The van der Waals surface area contributed by atoms with Gasteiger partial charge in [-0.2, -0.15) is 13.8 Å². The zero-order valence-corrected chi connectivity index (χ0v) is 13.9. The van der Waals surface area contributed by atoms with Crippen LogP contribution in [-0.4, -0.2) is 48.3 Å². The van der Waals surface area contributed by atoms with E-state index < -0.39 is 6.61 Å². The summed E-state index contributed by atoms with van der Waals surface area (Å²) < 4.78 is 34.7. The molecular formula is C15H19ClF2N4O2. The molecule has 2 heterocycles. The summed E-state index contributed by atoms with van der Waals surface area (Å²) in [6.45, 7) is -0.285. The standard InChI is InChI=1S/C15H18F2N4O2.ClH/c1-21-7-6-18-9-11(21)14-19-13(23-20-14)8-10-4-2-3-5-12(10)22-15(16)17;/h2-5,11,15,18H,6-9H2,1H3;1H. The third kappa shape index (κ3) is 4.40. The van der Waals surface area contributed by atoms with Crippen molar-refractivity contribution in [1.82, 2.24) is 20.4 Å². The lowest BCUT2D eigenvalue weighted by atomic mass is 10.1. The number of para-hydroxylation sites is 1. The maximum absolute atomic E-state index is 12.4. The fourth-order valence-corrected chi connectivity index (χ4v) is 2.59. The highest BCUT2D eigenvalue weighted by molar-refractivity contribution is 5.85. The predicted octanol–water partition coefficient (Wildman–Crippen LogP) is 2.26. The number of aromatic nitrogens is 2. The number of hydrogen-bond donors (Lipinski definition) is 1. The van der Waals surface area contributed by atoms with Crippen molar-refractivity contribution in [3.63, 3.8) is 0 Å². The summed E-state index contributed by atoms with van der Waals surface area (Å²) in [7, 11) is 2.01. The molecule has 24 heavy (non-hydrogen) atoms. The molecule has 1 aliphatic heterocycles. The van der Waals surface area contributed by atoms with Crippen LogP contribution in [0.1, 0.15) is 23.3 Å². The van der Waals surface area contributed by atoms with E-state index in [4.69, 9.17) is 4.52 Å². The molecule has 0 saturated carbocycles. The van der Waals surface area contributed by atoms with Crippen LogP contribution in [0.5, 0.6) is 5.75 Å². The maximum atomic E-state index is 12.4. The van der Waals surface area contributed by atoms with E-state index in [1.54, 1.807) is 18.2 Å². The molecule has 0 bridgehead atoms. The van der Waals surface area contributed by atoms with Crippen LogP contribution in [0.2, 0.25) is 0 Å². The van der Waals surface area contributed by atoms with Gasteiger partial charge < -0.3 is 14.6 Å². The molecule has 1 aromatic heterocycles. The molecule has 1 atom stereocenters. The first-order valence-electron chi connectivity index (χ1n) is 7.39. The Morgan fingerprint density at radius 1 is 1.42 bits per heavy atom. The summed E-state index contributed by atoms with van der Waals surface area (Å²) in [5.41, 5.74) is 0.582. The molecule has 0 amide bonds. The first kappa shape index (κ1) is 18.6. The monoisotopic (exact) mass is 360 g/mol. The van der Waals surface area contributed by atoms with Crippen molar-refractivity contribution in [2.45, 2.75) is 19.1 Å². The Labute approximate surface area is 144 Å². The van der Waals surface area contributed by atoms with Crippen molar-refractivity contribution in [3.8, 4) is 5.75 Å². The Kier molecular flexibility index (Phi) is 6.47. The second-order valence-corrected chi connectivity index (χ2v) is 5.41. The Hall–Kier alpha value is -1.77. The van der Waals surface area contributed by atoms with Gasteiger partial charge in [0.15, 0.2) is 5.82 Å². The van der Waals surface area contributed by atoms with Crippen LogP contribution in [0.4, 0.5) is 8.78 Å².